The smallest absolute Gasteiger partial charge is 0.329 e. The summed E-state index contributed by atoms with van der Waals surface area (Å²) in [6.07, 6.45) is 0. The Balaban J connectivity index is 1.53. The Hall–Kier alpha value is -4.15. The van der Waals surface area contributed by atoms with Gasteiger partial charge in [-0.2, -0.15) is 0 Å². The molecular formula is C30H32N3O6S-. The first-order chi connectivity index (χ1) is 19.0. The highest BCUT2D eigenvalue weighted by atomic mass is 32.2. The van der Waals surface area contributed by atoms with Crippen molar-refractivity contribution >= 4 is 51.2 Å². The number of aryl methyl sites for hydroxylation is 1. The van der Waals surface area contributed by atoms with Gasteiger partial charge < -0.3 is 23.9 Å². The number of furan rings is 1. The molecule has 1 amide bonds. The highest BCUT2D eigenvalue weighted by Crippen LogP contribution is 2.33. The summed E-state index contributed by atoms with van der Waals surface area (Å²) in [5, 5.41) is 3.80. The van der Waals surface area contributed by atoms with Crippen LogP contribution in [0.15, 0.2) is 71.1 Å². The van der Waals surface area contributed by atoms with Gasteiger partial charge in [0.15, 0.2) is 5.76 Å². The number of methoxy groups -OCH3 is 1. The highest BCUT2D eigenvalue weighted by Gasteiger charge is 2.31. The van der Waals surface area contributed by atoms with Gasteiger partial charge in [-0.25, -0.2) is 4.79 Å². The van der Waals surface area contributed by atoms with Gasteiger partial charge in [-0.05, 0) is 60.4 Å². The summed E-state index contributed by atoms with van der Waals surface area (Å²) in [5.74, 6) is -1.01. The van der Waals surface area contributed by atoms with E-state index in [-0.39, 0.29) is 17.6 Å². The van der Waals surface area contributed by atoms with Gasteiger partial charge in [-0.15, -0.1) is 0 Å². The van der Waals surface area contributed by atoms with Crippen LogP contribution in [0.3, 0.4) is 0 Å². The molecule has 4 aromatic rings. The molecule has 40 heavy (non-hydrogen) atoms. The van der Waals surface area contributed by atoms with E-state index in [0.29, 0.717) is 17.0 Å². The number of carbonyl (C=O) groups is 2. The number of esters is 1. The van der Waals surface area contributed by atoms with Crippen molar-refractivity contribution in [3.05, 3.63) is 78.1 Å². The number of ether oxygens (including phenoxy) is 1. The van der Waals surface area contributed by atoms with E-state index < -0.39 is 23.3 Å². The number of carbonyl (C=O) groups excluding carboxylic acids is 2. The first kappa shape index (κ1) is 28.8. The molecule has 0 aliphatic heterocycles. The second-order valence-electron chi connectivity index (χ2n) is 9.93. The third kappa shape index (κ3) is 5.73. The maximum absolute atomic E-state index is 13.1. The molecule has 1 aromatic heterocycles. The molecule has 0 saturated heterocycles. The highest BCUT2D eigenvalue weighted by molar-refractivity contribution is 7.80. The number of benzene rings is 3. The van der Waals surface area contributed by atoms with Crippen LogP contribution in [0.1, 0.15) is 30.0 Å². The number of rotatable bonds is 9. The molecule has 0 aliphatic rings. The van der Waals surface area contributed by atoms with E-state index in [1.807, 2.05) is 56.3 Å². The van der Waals surface area contributed by atoms with Crippen LogP contribution in [0.25, 0.3) is 22.1 Å². The Morgan fingerprint density at radius 1 is 0.975 bits per heavy atom. The van der Waals surface area contributed by atoms with Crippen molar-refractivity contribution in [1.82, 2.24) is 0 Å². The third-order valence-electron chi connectivity index (χ3n) is 6.71. The quantitative estimate of drug-likeness (QED) is 0.211. The van der Waals surface area contributed by atoms with Gasteiger partial charge in [0.05, 0.1) is 7.11 Å². The van der Waals surface area contributed by atoms with Crippen LogP contribution in [0.2, 0.25) is 0 Å². The number of amides is 1. The van der Waals surface area contributed by atoms with E-state index in [2.05, 4.69) is 5.32 Å². The molecule has 2 atom stereocenters. The maximum atomic E-state index is 13.1. The van der Waals surface area contributed by atoms with E-state index >= 15 is 0 Å². The number of fused-ring (bicyclic) bond motifs is 1. The van der Waals surface area contributed by atoms with E-state index in [0.717, 1.165) is 32.1 Å². The first-order valence-corrected chi connectivity index (χ1v) is 13.7. The van der Waals surface area contributed by atoms with Gasteiger partial charge in [0.25, 0.3) is 5.91 Å². The van der Waals surface area contributed by atoms with Crippen molar-refractivity contribution in [1.29, 1.82) is 0 Å². The second kappa shape index (κ2) is 11.9. The summed E-state index contributed by atoms with van der Waals surface area (Å²) in [5.41, 5.74) is 5.05. The molecule has 0 spiro atoms. The largest absolute Gasteiger partial charge is 0.755 e. The summed E-state index contributed by atoms with van der Waals surface area (Å²) < 4.78 is 35.8. The summed E-state index contributed by atoms with van der Waals surface area (Å²) >= 11 is -2.68. The topological polar surface area (TPSA) is 115 Å². The fourth-order valence-electron chi connectivity index (χ4n) is 4.70. The zero-order valence-electron chi connectivity index (χ0n) is 23.3. The van der Waals surface area contributed by atoms with Gasteiger partial charge in [-0.3, -0.25) is 13.3 Å². The number of hydrogen-bond acceptors (Lipinski definition) is 7. The Kier molecular flexibility index (Phi) is 8.61. The van der Waals surface area contributed by atoms with Gasteiger partial charge >= 0.3 is 5.97 Å². The first-order valence-electron chi connectivity index (χ1n) is 12.7. The second-order valence-corrected chi connectivity index (χ2v) is 10.8. The van der Waals surface area contributed by atoms with Crippen molar-refractivity contribution < 1.29 is 27.5 Å². The Bertz CT molecular complexity index is 1540. The van der Waals surface area contributed by atoms with Crippen LogP contribution in [0.4, 0.5) is 17.1 Å². The number of anilines is 3. The zero-order valence-corrected chi connectivity index (χ0v) is 24.1. The van der Waals surface area contributed by atoms with Gasteiger partial charge in [0.1, 0.15) is 11.6 Å². The molecule has 2 unspecified atom stereocenters. The standard InChI is InChI=1S/C30H33N3O6S/c1-18(2)27(30(35)38-6)33(40(36)37)23-16-12-21(13-17-23)20-10-14-22(15-11-20)31-29(34)28-19(3)26-24(32(4)5)8-7-9-25(26)39-28/h7-18,27H,1-6H3,(H,31,34)(H,36,37)/p-1. The molecule has 0 saturated carbocycles. The number of nitrogens with one attached hydrogen (secondary N) is 1. The van der Waals surface area contributed by atoms with E-state index in [9.17, 15) is 18.4 Å². The Morgan fingerprint density at radius 2 is 1.57 bits per heavy atom. The summed E-state index contributed by atoms with van der Waals surface area (Å²) in [7, 11) is 5.13. The van der Waals surface area contributed by atoms with Crippen molar-refractivity contribution in [3.63, 3.8) is 0 Å². The third-order valence-corrected chi connectivity index (χ3v) is 7.46. The molecule has 10 heteroatoms. The lowest BCUT2D eigenvalue weighted by molar-refractivity contribution is -0.142. The molecule has 0 aliphatic carbocycles. The molecule has 1 N–H and O–H groups in total. The predicted octanol–water partition coefficient (Wildman–Crippen LogP) is 5.52. The minimum absolute atomic E-state index is 0.260. The average Bonchev–Trinajstić information content (AvgIpc) is 3.28. The molecule has 3 aromatic carbocycles. The van der Waals surface area contributed by atoms with Crippen LogP contribution >= 0.6 is 0 Å². The molecule has 0 radical (unpaired) electrons. The minimum atomic E-state index is -2.68. The van der Waals surface area contributed by atoms with Crippen molar-refractivity contribution in [2.45, 2.75) is 26.8 Å². The van der Waals surface area contributed by atoms with E-state index in [1.54, 1.807) is 50.2 Å². The summed E-state index contributed by atoms with van der Waals surface area (Å²) in [6.45, 7) is 5.39. The zero-order chi connectivity index (χ0) is 29.1. The molecule has 1 heterocycles. The normalized spacial score (nSPS) is 12.7. The predicted molar refractivity (Wildman–Crippen MR) is 157 cm³/mol. The lowest BCUT2D eigenvalue weighted by Gasteiger charge is -2.35. The van der Waals surface area contributed by atoms with Crippen LogP contribution in [0, 0.1) is 12.8 Å². The molecule has 210 valence electrons. The fourth-order valence-corrected chi connectivity index (χ4v) is 5.51. The van der Waals surface area contributed by atoms with Crippen LogP contribution in [0.5, 0.6) is 0 Å². The maximum Gasteiger partial charge on any atom is 0.329 e. The molecule has 4 rings (SSSR count). The van der Waals surface area contributed by atoms with E-state index in [1.165, 1.54) is 7.11 Å². The number of hydrogen-bond donors (Lipinski definition) is 1. The van der Waals surface area contributed by atoms with E-state index in [4.69, 9.17) is 9.15 Å². The van der Waals surface area contributed by atoms with Gasteiger partial charge in [0, 0.05) is 53.4 Å². The van der Waals surface area contributed by atoms with Gasteiger partial charge in [-0.1, -0.05) is 44.2 Å². The SMILES string of the molecule is COC(=O)C(C(C)C)N(c1ccc(-c2ccc(NC(=O)c3oc4cccc(N(C)C)c4c3C)cc2)cc1)S(=O)[O-]. The molecular weight excluding hydrogens is 530 g/mol. The van der Waals surface area contributed by atoms with Crippen LogP contribution < -0.4 is 14.5 Å². The van der Waals surface area contributed by atoms with Crippen molar-refractivity contribution in [2.75, 3.05) is 35.7 Å². The minimum Gasteiger partial charge on any atom is -0.755 e. The van der Waals surface area contributed by atoms with Crippen LogP contribution in [-0.4, -0.2) is 47.9 Å². The lowest BCUT2D eigenvalue weighted by Crippen LogP contribution is -2.46. The fraction of sp³-hybridized carbons (Fsp3) is 0.267. The summed E-state index contributed by atoms with van der Waals surface area (Å²) in [6, 6.07) is 18.9. The number of nitrogens with zero attached hydrogens (tertiary/aromatic N) is 2. The average molecular weight is 563 g/mol. The van der Waals surface area contributed by atoms with Crippen molar-refractivity contribution in [2.24, 2.45) is 5.92 Å². The lowest BCUT2D eigenvalue weighted by atomic mass is 10.0. The van der Waals surface area contributed by atoms with Gasteiger partial charge in [0.2, 0.25) is 0 Å². The Morgan fingerprint density at radius 3 is 2.10 bits per heavy atom. The Labute approximate surface area is 236 Å². The molecule has 0 bridgehead atoms. The van der Waals surface area contributed by atoms with Crippen molar-refractivity contribution in [3.8, 4) is 11.1 Å². The van der Waals surface area contributed by atoms with Crippen LogP contribution in [-0.2, 0) is 20.8 Å². The molecule has 9 nitrogen and oxygen atoms in total. The monoisotopic (exact) mass is 562 g/mol. The summed E-state index contributed by atoms with van der Waals surface area (Å²) in [4.78, 5) is 27.3. The molecule has 0 fully saturated rings.